The van der Waals surface area contributed by atoms with Crippen molar-refractivity contribution >= 4 is 40.5 Å². The van der Waals surface area contributed by atoms with Gasteiger partial charge in [0.15, 0.2) is 0 Å². The highest BCUT2D eigenvalue weighted by atomic mass is 35.5. The summed E-state index contributed by atoms with van der Waals surface area (Å²) in [5.74, 6) is -1.05. The summed E-state index contributed by atoms with van der Waals surface area (Å²) in [6.45, 7) is 4.05. The van der Waals surface area contributed by atoms with Crippen molar-refractivity contribution < 1.29 is 14.7 Å². The normalized spacial score (nSPS) is 16.0. The highest BCUT2D eigenvalue weighted by Gasteiger charge is 2.44. The van der Waals surface area contributed by atoms with E-state index in [1.165, 1.54) is 17.4 Å². The van der Waals surface area contributed by atoms with Crippen molar-refractivity contribution in [1.29, 1.82) is 0 Å². The molecule has 0 saturated carbocycles. The van der Waals surface area contributed by atoms with Crippen molar-refractivity contribution in [2.75, 3.05) is 4.90 Å². The summed E-state index contributed by atoms with van der Waals surface area (Å²) in [6.07, 6.45) is 0. The number of carboxylic acid groups (broad SMARTS) is 1. The number of aromatic carboxylic acids is 1. The molecule has 6 heteroatoms. The lowest BCUT2D eigenvalue weighted by Crippen LogP contribution is -2.35. The zero-order valence-corrected chi connectivity index (χ0v) is 13.7. The fourth-order valence-electron chi connectivity index (χ4n) is 2.73. The summed E-state index contributed by atoms with van der Waals surface area (Å²) in [5.41, 5.74) is 1.86. The van der Waals surface area contributed by atoms with Gasteiger partial charge in [-0.1, -0.05) is 17.7 Å². The van der Waals surface area contributed by atoms with Crippen LogP contribution in [-0.2, 0) is 16.8 Å². The number of amides is 1. The molecule has 0 fully saturated rings. The molecule has 2 aromatic rings. The summed E-state index contributed by atoms with van der Waals surface area (Å²) in [6, 6.07) is 4.83. The molecule has 114 valence electrons. The Labute approximate surface area is 136 Å². The van der Waals surface area contributed by atoms with Crippen LogP contribution in [0, 0.1) is 0 Å². The van der Waals surface area contributed by atoms with Crippen LogP contribution in [0.4, 0.5) is 5.69 Å². The number of halogens is 1. The third-order valence-corrected chi connectivity index (χ3v) is 5.28. The Morgan fingerprint density at radius 3 is 2.68 bits per heavy atom. The Hall–Kier alpha value is -1.85. The van der Waals surface area contributed by atoms with E-state index in [0.29, 0.717) is 17.3 Å². The van der Waals surface area contributed by atoms with E-state index in [1.54, 1.807) is 17.0 Å². The van der Waals surface area contributed by atoms with Crippen molar-refractivity contribution in [2.24, 2.45) is 0 Å². The molecular formula is C16H14ClNO3S. The zero-order chi connectivity index (χ0) is 16.1. The predicted molar refractivity (Wildman–Crippen MR) is 86.9 cm³/mol. The molecule has 22 heavy (non-hydrogen) atoms. The van der Waals surface area contributed by atoms with Gasteiger partial charge in [-0.25, -0.2) is 4.79 Å². The fourth-order valence-corrected chi connectivity index (χ4v) is 3.76. The molecule has 0 atom stereocenters. The maximum Gasteiger partial charge on any atom is 0.335 e. The summed E-state index contributed by atoms with van der Waals surface area (Å²) >= 11 is 7.60. The molecule has 0 radical (unpaired) electrons. The molecule has 4 nitrogen and oxygen atoms in total. The van der Waals surface area contributed by atoms with Crippen LogP contribution in [0.1, 0.15) is 35.3 Å². The van der Waals surface area contributed by atoms with E-state index in [2.05, 4.69) is 0 Å². The molecule has 1 aliphatic heterocycles. The van der Waals surface area contributed by atoms with E-state index in [0.717, 1.165) is 11.1 Å². The van der Waals surface area contributed by atoms with E-state index in [4.69, 9.17) is 11.6 Å². The number of carbonyl (C=O) groups excluding carboxylic acids is 1. The maximum absolute atomic E-state index is 12.7. The van der Waals surface area contributed by atoms with Crippen molar-refractivity contribution in [2.45, 2.75) is 25.8 Å². The first kappa shape index (κ1) is 15.1. The Bertz CT molecular complexity index is 781. The largest absolute Gasteiger partial charge is 0.478 e. The van der Waals surface area contributed by atoms with Crippen molar-refractivity contribution in [3.05, 3.63) is 50.7 Å². The zero-order valence-electron chi connectivity index (χ0n) is 12.1. The third kappa shape index (κ3) is 2.21. The quantitative estimate of drug-likeness (QED) is 0.924. The van der Waals surface area contributed by atoms with E-state index in [1.807, 2.05) is 24.6 Å². The smallest absolute Gasteiger partial charge is 0.335 e. The van der Waals surface area contributed by atoms with Gasteiger partial charge in [0.1, 0.15) is 0 Å². The van der Waals surface area contributed by atoms with Crippen LogP contribution in [0.5, 0.6) is 0 Å². The molecule has 1 N–H and O–H groups in total. The van der Waals surface area contributed by atoms with Crippen LogP contribution in [0.15, 0.2) is 29.0 Å². The summed E-state index contributed by atoms with van der Waals surface area (Å²) in [4.78, 5) is 25.6. The van der Waals surface area contributed by atoms with Gasteiger partial charge in [0, 0.05) is 16.6 Å². The van der Waals surface area contributed by atoms with Crippen molar-refractivity contribution in [1.82, 2.24) is 0 Å². The van der Waals surface area contributed by atoms with Crippen LogP contribution >= 0.6 is 22.9 Å². The number of carboxylic acids is 1. The molecule has 0 bridgehead atoms. The van der Waals surface area contributed by atoms with Gasteiger partial charge in [0.2, 0.25) is 5.91 Å². The second-order valence-electron chi connectivity index (χ2n) is 5.80. The number of hydrogen-bond donors (Lipinski definition) is 1. The molecule has 3 rings (SSSR count). The second-order valence-corrected chi connectivity index (χ2v) is 6.95. The first-order valence-electron chi connectivity index (χ1n) is 6.72. The van der Waals surface area contributed by atoms with Gasteiger partial charge in [-0.15, -0.1) is 0 Å². The first-order valence-corrected chi connectivity index (χ1v) is 8.05. The molecule has 1 aliphatic rings. The van der Waals surface area contributed by atoms with Crippen LogP contribution in [0.25, 0.3) is 0 Å². The van der Waals surface area contributed by atoms with Gasteiger partial charge >= 0.3 is 5.97 Å². The van der Waals surface area contributed by atoms with Gasteiger partial charge in [0.05, 0.1) is 22.5 Å². The minimum atomic E-state index is -1.01. The van der Waals surface area contributed by atoms with Crippen LogP contribution in [-0.4, -0.2) is 17.0 Å². The number of anilines is 1. The Balaban J connectivity index is 2.09. The molecule has 1 amide bonds. The van der Waals surface area contributed by atoms with Gasteiger partial charge in [-0.05, 0) is 36.9 Å². The van der Waals surface area contributed by atoms with E-state index >= 15 is 0 Å². The number of carbonyl (C=O) groups is 2. The number of nitrogens with zero attached hydrogens (tertiary/aromatic N) is 1. The average Bonchev–Trinajstić information content (AvgIpc) is 2.95. The van der Waals surface area contributed by atoms with Crippen LogP contribution in [0.3, 0.4) is 0 Å². The standard InChI is InChI=1S/C16H14ClNO3S/c1-16(2)11-4-3-9(14(19)20)5-13(11)18(15(16)21)6-10-7-22-8-12(10)17/h3-5,7-8H,6H2,1-2H3,(H,19,20). The van der Waals surface area contributed by atoms with Crippen LogP contribution < -0.4 is 4.90 Å². The lowest BCUT2D eigenvalue weighted by molar-refractivity contribution is -0.122. The minimum Gasteiger partial charge on any atom is -0.478 e. The monoisotopic (exact) mass is 335 g/mol. The van der Waals surface area contributed by atoms with Crippen molar-refractivity contribution in [3.63, 3.8) is 0 Å². The van der Waals surface area contributed by atoms with E-state index in [-0.39, 0.29) is 11.5 Å². The Morgan fingerprint density at radius 1 is 1.36 bits per heavy atom. The molecule has 1 aromatic carbocycles. The number of thiophene rings is 1. The van der Waals surface area contributed by atoms with Gasteiger partial charge in [-0.3, -0.25) is 4.79 Å². The Morgan fingerprint density at radius 2 is 2.09 bits per heavy atom. The number of benzene rings is 1. The molecule has 0 aliphatic carbocycles. The van der Waals surface area contributed by atoms with Gasteiger partial charge in [0.25, 0.3) is 0 Å². The lowest BCUT2D eigenvalue weighted by Gasteiger charge is -2.20. The van der Waals surface area contributed by atoms with E-state index < -0.39 is 11.4 Å². The molecule has 0 saturated heterocycles. The molecular weight excluding hydrogens is 322 g/mol. The maximum atomic E-state index is 12.7. The molecule has 1 aromatic heterocycles. The molecule has 2 heterocycles. The Kier molecular flexibility index (Phi) is 3.50. The van der Waals surface area contributed by atoms with Crippen LogP contribution in [0.2, 0.25) is 5.02 Å². The topological polar surface area (TPSA) is 57.6 Å². The third-order valence-electron chi connectivity index (χ3n) is 4.01. The number of fused-ring (bicyclic) bond motifs is 1. The van der Waals surface area contributed by atoms with Gasteiger partial charge < -0.3 is 10.0 Å². The second kappa shape index (κ2) is 5.11. The lowest BCUT2D eigenvalue weighted by atomic mass is 9.86. The summed E-state index contributed by atoms with van der Waals surface area (Å²) < 4.78 is 0. The molecule has 0 spiro atoms. The van der Waals surface area contributed by atoms with Crippen molar-refractivity contribution in [3.8, 4) is 0 Å². The highest BCUT2D eigenvalue weighted by Crippen LogP contribution is 2.43. The fraction of sp³-hybridized carbons (Fsp3) is 0.250. The minimum absolute atomic E-state index is 0.0488. The summed E-state index contributed by atoms with van der Waals surface area (Å²) in [5, 5.41) is 13.5. The number of rotatable bonds is 3. The predicted octanol–water partition coefficient (Wildman–Crippen LogP) is 3.92. The average molecular weight is 336 g/mol. The first-order chi connectivity index (χ1) is 10.3. The summed E-state index contributed by atoms with van der Waals surface area (Å²) in [7, 11) is 0. The van der Waals surface area contributed by atoms with E-state index in [9.17, 15) is 14.7 Å². The number of hydrogen-bond acceptors (Lipinski definition) is 3. The highest BCUT2D eigenvalue weighted by molar-refractivity contribution is 7.08. The molecule has 0 unspecified atom stereocenters. The SMILES string of the molecule is CC1(C)C(=O)N(Cc2cscc2Cl)c2cc(C(=O)O)ccc21. The van der Waals surface area contributed by atoms with Gasteiger partial charge in [-0.2, -0.15) is 11.3 Å².